The normalized spacial score (nSPS) is 16.9. The number of hydrogen-bond acceptors (Lipinski definition) is 3. The van der Waals surface area contributed by atoms with Crippen LogP contribution in [0.25, 0.3) is 0 Å². The summed E-state index contributed by atoms with van der Waals surface area (Å²) in [4.78, 5) is 2.49. The van der Waals surface area contributed by atoms with Crippen LogP contribution in [0, 0.1) is 5.41 Å². The van der Waals surface area contributed by atoms with Gasteiger partial charge < -0.3 is 10.6 Å². The van der Waals surface area contributed by atoms with Gasteiger partial charge in [0.25, 0.3) is 0 Å². The first kappa shape index (κ1) is 13.1. The van der Waals surface area contributed by atoms with Crippen LogP contribution in [-0.2, 0) is 0 Å². The molecule has 0 amide bonds. The van der Waals surface area contributed by atoms with Crippen LogP contribution in [0.3, 0.4) is 0 Å². The summed E-state index contributed by atoms with van der Waals surface area (Å²) >= 11 is 1.45. The van der Waals surface area contributed by atoms with E-state index in [9.17, 15) is 0 Å². The molecule has 0 atom stereocenters. The third-order valence-corrected chi connectivity index (χ3v) is 2.88. The Morgan fingerprint density at radius 2 is 2.00 bits per heavy atom. The molecule has 3 N–H and O–H groups in total. The number of thioether (sulfide) groups is 1. The number of likely N-dealkylation sites (tertiary alicyclic amines) is 1. The maximum atomic E-state index is 7.01. The van der Waals surface area contributed by atoms with Gasteiger partial charge in [0.2, 0.25) is 0 Å². The van der Waals surface area contributed by atoms with Gasteiger partial charge in [0.15, 0.2) is 5.17 Å². The molecule has 0 aromatic rings. The highest BCUT2D eigenvalue weighted by molar-refractivity contribution is 8.13. The smallest absolute Gasteiger partial charge is 0.151 e. The molecular formula is C8H18ClN3S. The van der Waals surface area contributed by atoms with Crippen LogP contribution in [0.4, 0.5) is 0 Å². The first-order chi connectivity index (χ1) is 5.79. The number of halogens is 1. The van der Waals surface area contributed by atoms with E-state index in [1.807, 2.05) is 0 Å². The van der Waals surface area contributed by atoms with E-state index in [0.717, 1.165) is 12.2 Å². The number of amidine groups is 1. The molecule has 0 bridgehead atoms. The van der Waals surface area contributed by atoms with E-state index in [0.29, 0.717) is 0 Å². The van der Waals surface area contributed by atoms with Crippen molar-refractivity contribution in [3.05, 3.63) is 0 Å². The van der Waals surface area contributed by atoms with E-state index >= 15 is 0 Å². The fourth-order valence-electron chi connectivity index (χ4n) is 1.48. The predicted molar refractivity (Wildman–Crippen MR) is 61.9 cm³/mol. The average molecular weight is 224 g/mol. The second-order valence-electron chi connectivity index (χ2n) is 3.12. The zero-order chi connectivity index (χ0) is 8.81. The molecule has 1 fully saturated rings. The maximum Gasteiger partial charge on any atom is 0.151 e. The van der Waals surface area contributed by atoms with Crippen LogP contribution >= 0.6 is 24.2 Å². The Morgan fingerprint density at radius 3 is 2.54 bits per heavy atom. The maximum absolute atomic E-state index is 7.01. The predicted octanol–water partition coefficient (Wildman–Crippen LogP) is 1.52. The highest BCUT2D eigenvalue weighted by atomic mass is 35.5. The summed E-state index contributed by atoms with van der Waals surface area (Å²) in [5.41, 5.74) is 5.22. The van der Waals surface area contributed by atoms with Crippen molar-refractivity contribution >= 4 is 29.3 Å². The fourth-order valence-corrected chi connectivity index (χ4v) is 1.97. The van der Waals surface area contributed by atoms with Gasteiger partial charge in [-0.2, -0.15) is 0 Å². The van der Waals surface area contributed by atoms with Gasteiger partial charge in [0.05, 0.1) is 0 Å². The van der Waals surface area contributed by atoms with Crippen molar-refractivity contribution in [2.24, 2.45) is 5.73 Å². The van der Waals surface area contributed by atoms with Crippen molar-refractivity contribution in [2.75, 3.05) is 25.4 Å². The molecule has 0 unspecified atom stereocenters. The topological polar surface area (TPSA) is 53.1 Å². The zero-order valence-corrected chi connectivity index (χ0v) is 9.42. The fraction of sp³-hybridized carbons (Fsp3) is 0.875. The highest BCUT2D eigenvalue weighted by Gasteiger charge is 2.09. The van der Waals surface area contributed by atoms with Crippen LogP contribution in [-0.4, -0.2) is 35.5 Å². The third kappa shape index (κ3) is 6.18. The van der Waals surface area contributed by atoms with E-state index in [2.05, 4.69) is 4.90 Å². The van der Waals surface area contributed by atoms with Gasteiger partial charge in [-0.3, -0.25) is 5.41 Å². The first-order valence-electron chi connectivity index (χ1n) is 4.48. The molecular weight excluding hydrogens is 206 g/mol. The molecule has 0 aromatic carbocycles. The van der Waals surface area contributed by atoms with Crippen molar-refractivity contribution < 1.29 is 0 Å². The van der Waals surface area contributed by atoms with Gasteiger partial charge in [0, 0.05) is 5.75 Å². The summed E-state index contributed by atoms with van der Waals surface area (Å²) in [6.07, 6.45) is 3.88. The molecule has 1 rings (SSSR count). The SMILES string of the molecule is Cl.N=C(N)SCCCN1CCCC1. The lowest BCUT2D eigenvalue weighted by atomic mass is 10.4. The molecule has 0 spiro atoms. The van der Waals surface area contributed by atoms with Crippen molar-refractivity contribution in [3.8, 4) is 0 Å². The first-order valence-corrected chi connectivity index (χ1v) is 5.47. The average Bonchev–Trinajstić information content (AvgIpc) is 2.49. The Kier molecular flexibility index (Phi) is 7.51. The molecule has 13 heavy (non-hydrogen) atoms. The summed E-state index contributed by atoms with van der Waals surface area (Å²) in [7, 11) is 0. The van der Waals surface area contributed by atoms with E-state index < -0.39 is 0 Å². The van der Waals surface area contributed by atoms with Crippen molar-refractivity contribution in [1.82, 2.24) is 4.90 Å². The Balaban J connectivity index is 0.00000144. The largest absolute Gasteiger partial charge is 0.379 e. The van der Waals surface area contributed by atoms with Gasteiger partial charge in [0.1, 0.15) is 0 Å². The number of rotatable bonds is 4. The van der Waals surface area contributed by atoms with Gasteiger partial charge in [-0.1, -0.05) is 11.8 Å². The van der Waals surface area contributed by atoms with Crippen LogP contribution in [0.5, 0.6) is 0 Å². The zero-order valence-electron chi connectivity index (χ0n) is 7.79. The minimum Gasteiger partial charge on any atom is -0.379 e. The summed E-state index contributed by atoms with van der Waals surface area (Å²) in [5, 5.41) is 7.26. The number of nitrogens with zero attached hydrogens (tertiary/aromatic N) is 1. The molecule has 0 saturated carbocycles. The lowest BCUT2D eigenvalue weighted by molar-refractivity contribution is 0.341. The van der Waals surface area contributed by atoms with Crippen LogP contribution in [0.1, 0.15) is 19.3 Å². The van der Waals surface area contributed by atoms with E-state index in [1.165, 1.54) is 44.2 Å². The summed E-state index contributed by atoms with van der Waals surface area (Å²) in [6, 6.07) is 0. The molecule has 1 heterocycles. The molecule has 5 heteroatoms. The lowest BCUT2D eigenvalue weighted by Crippen LogP contribution is -2.21. The quantitative estimate of drug-likeness (QED) is 0.432. The van der Waals surface area contributed by atoms with E-state index in [4.69, 9.17) is 11.1 Å². The van der Waals surface area contributed by atoms with Gasteiger partial charge in [-0.25, -0.2) is 0 Å². The van der Waals surface area contributed by atoms with Crippen LogP contribution in [0.2, 0.25) is 0 Å². The van der Waals surface area contributed by atoms with E-state index in [-0.39, 0.29) is 17.6 Å². The minimum absolute atomic E-state index is 0. The molecule has 0 radical (unpaired) electrons. The van der Waals surface area contributed by atoms with Gasteiger partial charge in [-0.05, 0) is 38.9 Å². The third-order valence-electron chi connectivity index (χ3n) is 2.07. The van der Waals surface area contributed by atoms with Crippen molar-refractivity contribution in [2.45, 2.75) is 19.3 Å². The van der Waals surface area contributed by atoms with Crippen molar-refractivity contribution in [3.63, 3.8) is 0 Å². The molecule has 78 valence electrons. The Bertz CT molecular complexity index is 148. The van der Waals surface area contributed by atoms with Gasteiger partial charge >= 0.3 is 0 Å². The molecule has 1 aliphatic heterocycles. The molecule has 1 aliphatic rings. The van der Waals surface area contributed by atoms with Gasteiger partial charge in [-0.15, -0.1) is 12.4 Å². The Hall–Kier alpha value is 0.0700. The number of nitrogens with two attached hydrogens (primary N) is 1. The molecule has 0 aromatic heterocycles. The van der Waals surface area contributed by atoms with Crippen LogP contribution in [0.15, 0.2) is 0 Å². The Labute approximate surface area is 90.3 Å². The molecule has 3 nitrogen and oxygen atoms in total. The summed E-state index contributed by atoms with van der Waals surface area (Å²) < 4.78 is 0. The molecule has 1 saturated heterocycles. The standard InChI is InChI=1S/C8H17N3S.ClH/c9-8(10)12-7-3-6-11-4-1-2-5-11;/h1-7H2,(H3,9,10);1H. The minimum atomic E-state index is 0. The van der Waals surface area contributed by atoms with Crippen molar-refractivity contribution in [1.29, 1.82) is 5.41 Å². The number of nitrogens with one attached hydrogen (secondary N) is 1. The summed E-state index contributed by atoms with van der Waals surface area (Å²) in [5.74, 6) is 0.992. The second kappa shape index (κ2) is 7.47. The monoisotopic (exact) mass is 223 g/mol. The highest BCUT2D eigenvalue weighted by Crippen LogP contribution is 2.09. The summed E-state index contributed by atoms with van der Waals surface area (Å²) in [6.45, 7) is 3.72. The lowest BCUT2D eigenvalue weighted by Gasteiger charge is -2.13. The second-order valence-corrected chi connectivity index (χ2v) is 4.25. The number of hydrogen-bond donors (Lipinski definition) is 2. The Morgan fingerprint density at radius 1 is 1.38 bits per heavy atom. The van der Waals surface area contributed by atoms with E-state index in [1.54, 1.807) is 0 Å². The molecule has 0 aliphatic carbocycles. The van der Waals surface area contributed by atoms with Crippen LogP contribution < -0.4 is 5.73 Å².